The van der Waals surface area contributed by atoms with Gasteiger partial charge in [0.25, 0.3) is 11.6 Å². The van der Waals surface area contributed by atoms with Crippen LogP contribution in [0.2, 0.25) is 5.02 Å². The van der Waals surface area contributed by atoms with Gasteiger partial charge in [-0.05, 0) is 32.0 Å². The minimum Gasteiger partial charge on any atom is -0.488 e. The summed E-state index contributed by atoms with van der Waals surface area (Å²) in [6.45, 7) is 4.41. The lowest BCUT2D eigenvalue weighted by atomic mass is 10.0. The van der Waals surface area contributed by atoms with E-state index in [9.17, 15) is 14.9 Å². The maximum atomic E-state index is 12.2. The maximum absolute atomic E-state index is 12.2. The number of nitro benzene ring substituents is 1. The highest BCUT2D eigenvalue weighted by molar-refractivity contribution is 6.31. The second-order valence-corrected chi connectivity index (χ2v) is 7.24. The van der Waals surface area contributed by atoms with Gasteiger partial charge in [-0.1, -0.05) is 23.7 Å². The first-order chi connectivity index (χ1) is 12.8. The number of hydrogen-bond acceptors (Lipinski definition) is 5. The molecule has 0 unspecified atom stereocenters. The van der Waals surface area contributed by atoms with Crippen LogP contribution in [0.1, 0.15) is 29.8 Å². The molecule has 0 bridgehead atoms. The Balaban J connectivity index is 1.59. The molecule has 0 spiro atoms. The van der Waals surface area contributed by atoms with Crippen molar-refractivity contribution in [2.45, 2.75) is 25.9 Å². The number of nitro groups is 1. The maximum Gasteiger partial charge on any atom is 0.283 e. The van der Waals surface area contributed by atoms with Crippen molar-refractivity contribution in [3.8, 4) is 11.5 Å². The molecular formula is C19H19ClN2O5. The highest BCUT2D eigenvalue weighted by atomic mass is 35.5. The van der Waals surface area contributed by atoms with Crippen LogP contribution in [-0.4, -0.2) is 29.6 Å². The lowest BCUT2D eigenvalue weighted by molar-refractivity contribution is -0.385. The number of rotatable bonds is 6. The second kappa shape index (κ2) is 7.44. The molecule has 8 heteroatoms. The Morgan fingerprint density at radius 1 is 1.37 bits per heavy atom. The Kier molecular flexibility index (Phi) is 5.23. The van der Waals surface area contributed by atoms with Crippen molar-refractivity contribution < 1.29 is 19.2 Å². The molecular weight excluding hydrogens is 372 g/mol. The zero-order valence-electron chi connectivity index (χ0n) is 15.0. The molecule has 0 radical (unpaired) electrons. The largest absolute Gasteiger partial charge is 0.488 e. The van der Waals surface area contributed by atoms with Crippen molar-refractivity contribution in [2.75, 3.05) is 13.2 Å². The van der Waals surface area contributed by atoms with E-state index in [2.05, 4.69) is 5.32 Å². The van der Waals surface area contributed by atoms with E-state index in [1.54, 1.807) is 0 Å². The number of hydrogen-bond donors (Lipinski definition) is 1. The molecule has 7 nitrogen and oxygen atoms in total. The van der Waals surface area contributed by atoms with E-state index in [-0.39, 0.29) is 35.0 Å². The van der Waals surface area contributed by atoms with E-state index >= 15 is 0 Å². The molecule has 142 valence electrons. The first-order valence-corrected chi connectivity index (χ1v) is 8.80. The van der Waals surface area contributed by atoms with Crippen LogP contribution in [-0.2, 0) is 6.42 Å². The molecule has 0 aromatic heterocycles. The number of halogens is 1. The fourth-order valence-electron chi connectivity index (χ4n) is 2.97. The molecule has 2 aromatic carbocycles. The highest BCUT2D eigenvalue weighted by Crippen LogP contribution is 2.41. The smallest absolute Gasteiger partial charge is 0.283 e. The average molecular weight is 391 g/mol. The Labute approximate surface area is 161 Å². The third-order valence-electron chi connectivity index (χ3n) is 4.10. The lowest BCUT2D eigenvalue weighted by Crippen LogP contribution is -2.28. The van der Waals surface area contributed by atoms with E-state index in [4.69, 9.17) is 21.1 Å². The first kappa shape index (κ1) is 19.0. The van der Waals surface area contributed by atoms with Gasteiger partial charge >= 0.3 is 0 Å². The van der Waals surface area contributed by atoms with Crippen LogP contribution in [0.5, 0.6) is 11.5 Å². The molecule has 0 saturated heterocycles. The van der Waals surface area contributed by atoms with Crippen LogP contribution in [0.25, 0.3) is 0 Å². The van der Waals surface area contributed by atoms with Gasteiger partial charge in [-0.2, -0.15) is 0 Å². The van der Waals surface area contributed by atoms with Crippen molar-refractivity contribution in [1.82, 2.24) is 5.32 Å². The average Bonchev–Trinajstić information content (AvgIpc) is 2.92. The summed E-state index contributed by atoms with van der Waals surface area (Å²) < 4.78 is 11.7. The number of nitrogens with one attached hydrogen (secondary N) is 1. The number of ether oxygens (including phenoxy) is 2. The number of para-hydroxylation sites is 1. The molecule has 1 amide bonds. The molecule has 2 aromatic rings. The van der Waals surface area contributed by atoms with Gasteiger partial charge < -0.3 is 14.8 Å². The number of carbonyl (C=O) groups excluding carboxylic acids is 1. The minimum atomic E-state index is -0.635. The van der Waals surface area contributed by atoms with Crippen molar-refractivity contribution >= 4 is 23.2 Å². The van der Waals surface area contributed by atoms with Gasteiger partial charge in [0.2, 0.25) is 0 Å². The van der Waals surface area contributed by atoms with Crippen LogP contribution >= 0.6 is 11.6 Å². The molecule has 27 heavy (non-hydrogen) atoms. The van der Waals surface area contributed by atoms with E-state index in [0.29, 0.717) is 5.75 Å². The van der Waals surface area contributed by atoms with Crippen molar-refractivity contribution in [2.24, 2.45) is 0 Å². The summed E-state index contributed by atoms with van der Waals surface area (Å²) in [6.07, 6.45) is 0.802. The Morgan fingerprint density at radius 3 is 2.89 bits per heavy atom. The van der Waals surface area contributed by atoms with E-state index < -0.39 is 10.8 Å². The van der Waals surface area contributed by atoms with E-state index in [1.165, 1.54) is 12.1 Å². The van der Waals surface area contributed by atoms with Crippen LogP contribution in [0, 0.1) is 10.1 Å². The van der Waals surface area contributed by atoms with Crippen LogP contribution in [0.4, 0.5) is 5.69 Å². The standard InChI is InChI=1S/C19H19ClN2O5/c1-19(2)11-12-4-3-5-16(17(12)27-19)26-9-8-21-18(23)14-7-6-13(20)10-15(14)22(24)25/h3-7,10H,8-9,11H2,1-2H3,(H,21,23). The summed E-state index contributed by atoms with van der Waals surface area (Å²) in [4.78, 5) is 22.7. The molecule has 3 rings (SSSR count). The first-order valence-electron chi connectivity index (χ1n) is 8.43. The van der Waals surface area contributed by atoms with Crippen LogP contribution in [0.3, 0.4) is 0 Å². The summed E-state index contributed by atoms with van der Waals surface area (Å²) >= 11 is 5.76. The van der Waals surface area contributed by atoms with Gasteiger partial charge in [-0.15, -0.1) is 0 Å². The quantitative estimate of drug-likeness (QED) is 0.460. The number of carbonyl (C=O) groups is 1. The summed E-state index contributed by atoms with van der Waals surface area (Å²) in [5, 5.41) is 13.9. The van der Waals surface area contributed by atoms with Crippen molar-refractivity contribution in [1.29, 1.82) is 0 Å². The van der Waals surface area contributed by atoms with Gasteiger partial charge in [-0.25, -0.2) is 0 Å². The predicted octanol–water partition coefficient (Wildman–Crippen LogP) is 3.77. The summed E-state index contributed by atoms with van der Waals surface area (Å²) in [5.74, 6) is 0.782. The summed E-state index contributed by atoms with van der Waals surface area (Å²) in [5.41, 5.74) is 0.426. The monoisotopic (exact) mass is 390 g/mol. The zero-order valence-corrected chi connectivity index (χ0v) is 15.7. The van der Waals surface area contributed by atoms with Gasteiger partial charge in [0.15, 0.2) is 11.5 Å². The van der Waals surface area contributed by atoms with Crippen LogP contribution in [0.15, 0.2) is 36.4 Å². The molecule has 0 fully saturated rings. The topological polar surface area (TPSA) is 90.7 Å². The molecule has 1 aliphatic rings. The summed E-state index contributed by atoms with van der Waals surface area (Å²) in [7, 11) is 0. The van der Waals surface area contributed by atoms with Gasteiger partial charge in [0.05, 0.1) is 11.5 Å². The van der Waals surface area contributed by atoms with E-state index in [1.807, 2.05) is 32.0 Å². The Hall–Kier alpha value is -2.80. The second-order valence-electron chi connectivity index (χ2n) is 6.81. The Bertz CT molecular complexity index is 898. The fraction of sp³-hybridized carbons (Fsp3) is 0.316. The molecule has 1 N–H and O–H groups in total. The summed E-state index contributed by atoms with van der Waals surface area (Å²) in [6, 6.07) is 9.63. The highest BCUT2D eigenvalue weighted by Gasteiger charge is 2.32. The predicted molar refractivity (Wildman–Crippen MR) is 101 cm³/mol. The molecule has 0 atom stereocenters. The molecule has 0 saturated carbocycles. The molecule has 1 aliphatic heterocycles. The Morgan fingerprint density at radius 2 is 2.15 bits per heavy atom. The van der Waals surface area contributed by atoms with Crippen LogP contribution < -0.4 is 14.8 Å². The number of fused-ring (bicyclic) bond motifs is 1. The molecule has 1 heterocycles. The SMILES string of the molecule is CC1(C)Cc2cccc(OCCNC(=O)c3ccc(Cl)cc3[N+](=O)[O-])c2O1. The van der Waals surface area contributed by atoms with E-state index in [0.717, 1.165) is 23.8 Å². The normalized spacial score (nSPS) is 14.2. The van der Waals surface area contributed by atoms with Crippen molar-refractivity contribution in [3.63, 3.8) is 0 Å². The lowest BCUT2D eigenvalue weighted by Gasteiger charge is -2.18. The number of nitrogens with zero attached hydrogens (tertiary/aromatic N) is 1. The minimum absolute atomic E-state index is 0.0462. The number of benzene rings is 2. The van der Waals surface area contributed by atoms with Gasteiger partial charge in [0, 0.05) is 23.1 Å². The zero-order chi connectivity index (χ0) is 19.6. The number of amides is 1. The van der Waals surface area contributed by atoms with Crippen molar-refractivity contribution in [3.05, 3.63) is 62.7 Å². The van der Waals surface area contributed by atoms with Gasteiger partial charge in [-0.3, -0.25) is 14.9 Å². The van der Waals surface area contributed by atoms with Gasteiger partial charge in [0.1, 0.15) is 17.8 Å². The third kappa shape index (κ3) is 4.31. The molecule has 0 aliphatic carbocycles. The third-order valence-corrected chi connectivity index (χ3v) is 4.34. The fourth-order valence-corrected chi connectivity index (χ4v) is 3.14.